The van der Waals surface area contributed by atoms with E-state index in [0.717, 1.165) is 5.92 Å². The predicted molar refractivity (Wildman–Crippen MR) is 47.2 cm³/mol. The van der Waals surface area contributed by atoms with E-state index >= 15 is 0 Å². The summed E-state index contributed by atoms with van der Waals surface area (Å²) in [5.74, 6) is 2.48. The first-order valence-corrected chi connectivity index (χ1v) is 4.27. The third-order valence-corrected chi connectivity index (χ3v) is 2.42. The van der Waals surface area contributed by atoms with Gasteiger partial charge in [0.05, 0.1) is 0 Å². The van der Waals surface area contributed by atoms with Crippen LogP contribution in [0.2, 0.25) is 0 Å². The second kappa shape index (κ2) is 2.61. The molecule has 0 radical (unpaired) electrons. The van der Waals surface area contributed by atoms with Crippen LogP contribution in [0.1, 0.15) is 25.3 Å². The summed E-state index contributed by atoms with van der Waals surface area (Å²) in [6.45, 7) is 2.26. The Labute approximate surface area is 68.3 Å². The minimum atomic E-state index is 0.900. The molecular weight excluding hydrogens is 132 g/mol. The molecule has 1 fully saturated rings. The predicted octanol–water partition coefficient (Wildman–Crippen LogP) is 3.04. The van der Waals surface area contributed by atoms with Crippen LogP contribution in [0.4, 0.5) is 0 Å². The molecule has 1 aliphatic rings. The molecule has 0 aliphatic heterocycles. The molecule has 0 amide bonds. The van der Waals surface area contributed by atoms with Crippen molar-refractivity contribution in [3.05, 3.63) is 41.8 Å². The van der Waals surface area contributed by atoms with Crippen LogP contribution in [0.3, 0.4) is 0 Å². The first-order chi connectivity index (χ1) is 5.38. The average Bonchev–Trinajstić information content (AvgIpc) is 2.87. The van der Waals surface area contributed by atoms with Crippen molar-refractivity contribution in [3.8, 4) is 0 Å². The van der Waals surface area contributed by atoms with Crippen LogP contribution in [0, 0.1) is 11.8 Å². The summed E-state index contributed by atoms with van der Waals surface area (Å²) in [5, 5.41) is 0. The van der Waals surface area contributed by atoms with E-state index in [1.165, 1.54) is 18.4 Å². The maximum Gasteiger partial charge on any atom is 0.132 e. The molecule has 1 aliphatic carbocycles. The van der Waals surface area contributed by atoms with Crippen LogP contribution in [-0.2, 0) is 0 Å². The first-order valence-electron chi connectivity index (χ1n) is 4.27. The molecule has 2 rings (SSSR count). The van der Waals surface area contributed by atoms with Crippen LogP contribution in [0.25, 0.3) is 0 Å². The second-order valence-electron chi connectivity index (χ2n) is 3.32. The van der Waals surface area contributed by atoms with Crippen molar-refractivity contribution in [3.63, 3.8) is 0 Å². The molecule has 1 saturated carbocycles. The van der Waals surface area contributed by atoms with E-state index in [1.54, 1.807) is 5.92 Å². The summed E-state index contributed by atoms with van der Waals surface area (Å²) < 4.78 is 0. The highest BCUT2D eigenvalue weighted by Crippen LogP contribution is 2.41. The van der Waals surface area contributed by atoms with Crippen molar-refractivity contribution in [1.82, 2.24) is 0 Å². The zero-order chi connectivity index (χ0) is 7.68. The summed E-state index contributed by atoms with van der Waals surface area (Å²) in [5.41, 5.74) is 1.43. The van der Waals surface area contributed by atoms with Gasteiger partial charge in [0.25, 0.3) is 0 Å². The Morgan fingerprint density at radius 3 is 2.36 bits per heavy atom. The van der Waals surface area contributed by atoms with Gasteiger partial charge in [-0.25, -0.2) is 0 Å². The number of rotatable bonds is 2. The molecular formula is C11H13+. The first kappa shape index (κ1) is 6.78. The molecule has 0 atom stereocenters. The minimum absolute atomic E-state index is 0.900. The smallest absolute Gasteiger partial charge is 0.0356 e. The zero-order valence-electron chi connectivity index (χ0n) is 6.88. The van der Waals surface area contributed by atoms with Gasteiger partial charge in [0.2, 0.25) is 0 Å². The van der Waals surface area contributed by atoms with Crippen molar-refractivity contribution >= 4 is 0 Å². The Bertz CT molecular complexity index is 221. The summed E-state index contributed by atoms with van der Waals surface area (Å²) in [6.07, 6.45) is 2.81. The van der Waals surface area contributed by atoms with Gasteiger partial charge < -0.3 is 0 Å². The van der Waals surface area contributed by atoms with Crippen LogP contribution >= 0.6 is 0 Å². The Morgan fingerprint density at radius 2 is 1.82 bits per heavy atom. The van der Waals surface area contributed by atoms with Crippen LogP contribution in [0.15, 0.2) is 30.3 Å². The fraction of sp³-hybridized carbons (Fsp3) is 0.364. The van der Waals surface area contributed by atoms with E-state index in [2.05, 4.69) is 37.3 Å². The van der Waals surface area contributed by atoms with Gasteiger partial charge in [-0.3, -0.25) is 0 Å². The molecule has 1 aromatic rings. The van der Waals surface area contributed by atoms with Crippen molar-refractivity contribution in [2.24, 2.45) is 5.92 Å². The highest BCUT2D eigenvalue weighted by atomic mass is 14.3. The second-order valence-corrected chi connectivity index (χ2v) is 3.32. The number of hydrogen-bond acceptors (Lipinski definition) is 0. The van der Waals surface area contributed by atoms with Gasteiger partial charge in [0.15, 0.2) is 0 Å². The Morgan fingerprint density at radius 1 is 1.18 bits per heavy atom. The standard InChI is InChI=1S/C11H13/c1-9(11-7-8-11)10-5-3-2-4-6-10/h2-6,11H,7-8H2,1H3/q+1. The number of benzene rings is 1. The largest absolute Gasteiger partial charge is 0.132 e. The van der Waals surface area contributed by atoms with Gasteiger partial charge in [-0.2, -0.15) is 0 Å². The summed E-state index contributed by atoms with van der Waals surface area (Å²) >= 11 is 0. The van der Waals surface area contributed by atoms with E-state index < -0.39 is 0 Å². The van der Waals surface area contributed by atoms with E-state index in [-0.39, 0.29) is 0 Å². The van der Waals surface area contributed by atoms with Gasteiger partial charge in [0, 0.05) is 30.9 Å². The molecule has 0 aromatic heterocycles. The molecule has 0 heterocycles. The van der Waals surface area contributed by atoms with E-state index in [9.17, 15) is 0 Å². The molecule has 0 heteroatoms. The van der Waals surface area contributed by atoms with Crippen molar-refractivity contribution in [1.29, 1.82) is 0 Å². The lowest BCUT2D eigenvalue weighted by molar-refractivity contribution is 0.876. The van der Waals surface area contributed by atoms with E-state index in [1.807, 2.05) is 0 Å². The zero-order valence-corrected chi connectivity index (χ0v) is 6.88. The highest BCUT2D eigenvalue weighted by Gasteiger charge is 2.33. The monoisotopic (exact) mass is 145 g/mol. The molecule has 1 aromatic carbocycles. The maximum absolute atomic E-state index is 2.26. The van der Waals surface area contributed by atoms with Crippen molar-refractivity contribution in [2.45, 2.75) is 19.8 Å². The normalized spacial score (nSPS) is 16.5. The van der Waals surface area contributed by atoms with Gasteiger partial charge in [0.1, 0.15) is 5.56 Å². The summed E-state index contributed by atoms with van der Waals surface area (Å²) in [4.78, 5) is 0. The lowest BCUT2D eigenvalue weighted by Crippen LogP contribution is -1.95. The Hall–Kier alpha value is -0.910. The molecule has 0 unspecified atom stereocenters. The maximum atomic E-state index is 2.26. The van der Waals surface area contributed by atoms with E-state index in [0.29, 0.717) is 0 Å². The lowest BCUT2D eigenvalue weighted by atomic mass is 9.97. The van der Waals surface area contributed by atoms with Gasteiger partial charge >= 0.3 is 0 Å². The molecule has 0 saturated heterocycles. The molecule has 0 nitrogen and oxygen atoms in total. The summed E-state index contributed by atoms with van der Waals surface area (Å²) in [7, 11) is 0. The fourth-order valence-electron chi connectivity index (χ4n) is 1.45. The topological polar surface area (TPSA) is 0 Å². The molecule has 11 heavy (non-hydrogen) atoms. The highest BCUT2D eigenvalue weighted by molar-refractivity contribution is 5.32. The van der Waals surface area contributed by atoms with E-state index in [4.69, 9.17) is 0 Å². The third kappa shape index (κ3) is 1.40. The van der Waals surface area contributed by atoms with Gasteiger partial charge in [-0.05, 0) is 31.0 Å². The Balaban J connectivity index is 2.15. The minimum Gasteiger partial charge on any atom is -0.0356 e. The summed E-state index contributed by atoms with van der Waals surface area (Å²) in [6, 6.07) is 10.7. The molecule has 0 bridgehead atoms. The molecule has 0 spiro atoms. The van der Waals surface area contributed by atoms with Gasteiger partial charge in [-0.15, -0.1) is 0 Å². The quantitative estimate of drug-likeness (QED) is 0.561. The van der Waals surface area contributed by atoms with Crippen molar-refractivity contribution < 1.29 is 0 Å². The van der Waals surface area contributed by atoms with Crippen LogP contribution in [0.5, 0.6) is 0 Å². The van der Waals surface area contributed by atoms with Crippen LogP contribution in [-0.4, -0.2) is 0 Å². The van der Waals surface area contributed by atoms with Crippen LogP contribution < -0.4 is 0 Å². The lowest BCUT2D eigenvalue weighted by Gasteiger charge is -2.00. The van der Waals surface area contributed by atoms with Gasteiger partial charge in [-0.1, -0.05) is 0 Å². The fourth-order valence-corrected chi connectivity index (χ4v) is 1.45. The SMILES string of the molecule is C[C+](c1ccccc1)C1CC1. The molecule has 56 valence electrons. The Kier molecular flexibility index (Phi) is 1.61. The third-order valence-electron chi connectivity index (χ3n) is 2.42. The molecule has 0 N–H and O–H groups in total. The number of hydrogen-bond donors (Lipinski definition) is 0. The average molecular weight is 145 g/mol. The van der Waals surface area contributed by atoms with Crippen molar-refractivity contribution in [2.75, 3.05) is 0 Å².